The van der Waals surface area contributed by atoms with Gasteiger partial charge < -0.3 is 14.9 Å². The number of piperazine rings is 1. The van der Waals surface area contributed by atoms with E-state index in [4.69, 9.17) is 5.11 Å². The molecule has 1 aromatic carbocycles. The SMILES string of the molecule is CC1CN(c2ccc(/C=C/C(=O)O)cc2C#N)CCN1C. The highest BCUT2D eigenvalue weighted by Gasteiger charge is 2.22. The van der Waals surface area contributed by atoms with Gasteiger partial charge in [-0.15, -0.1) is 0 Å². The van der Waals surface area contributed by atoms with Crippen molar-refractivity contribution in [2.24, 2.45) is 0 Å². The molecular formula is C16H19N3O2. The lowest BCUT2D eigenvalue weighted by atomic mass is 10.1. The van der Waals surface area contributed by atoms with E-state index in [-0.39, 0.29) is 0 Å². The minimum absolute atomic E-state index is 0.442. The van der Waals surface area contributed by atoms with Crippen LogP contribution in [0.4, 0.5) is 5.69 Å². The van der Waals surface area contributed by atoms with Crippen molar-refractivity contribution >= 4 is 17.7 Å². The van der Waals surface area contributed by atoms with Crippen LogP contribution in [0.5, 0.6) is 0 Å². The summed E-state index contributed by atoms with van der Waals surface area (Å²) in [5.74, 6) is -0.995. The van der Waals surface area contributed by atoms with Crippen LogP contribution in [0.1, 0.15) is 18.1 Å². The van der Waals surface area contributed by atoms with Gasteiger partial charge in [-0.05, 0) is 37.7 Å². The van der Waals surface area contributed by atoms with E-state index >= 15 is 0 Å². The molecule has 1 saturated heterocycles. The summed E-state index contributed by atoms with van der Waals surface area (Å²) in [6.07, 6.45) is 2.58. The smallest absolute Gasteiger partial charge is 0.328 e. The zero-order valence-electron chi connectivity index (χ0n) is 12.3. The molecule has 0 saturated carbocycles. The Balaban J connectivity index is 2.25. The number of aliphatic carboxylic acids is 1. The maximum absolute atomic E-state index is 10.5. The normalized spacial score (nSPS) is 19.7. The molecule has 0 radical (unpaired) electrons. The molecule has 0 bridgehead atoms. The third kappa shape index (κ3) is 3.61. The van der Waals surface area contributed by atoms with E-state index in [1.807, 2.05) is 12.1 Å². The van der Waals surface area contributed by atoms with Gasteiger partial charge in [-0.2, -0.15) is 5.26 Å². The average Bonchev–Trinajstić information content (AvgIpc) is 2.47. The number of nitrogens with zero attached hydrogens (tertiary/aromatic N) is 3. The first-order chi connectivity index (χ1) is 10.0. The van der Waals surface area contributed by atoms with E-state index in [0.29, 0.717) is 11.6 Å². The van der Waals surface area contributed by atoms with Crippen molar-refractivity contribution < 1.29 is 9.90 Å². The molecule has 0 aromatic heterocycles. The van der Waals surface area contributed by atoms with Crippen molar-refractivity contribution in [3.8, 4) is 6.07 Å². The summed E-state index contributed by atoms with van der Waals surface area (Å²) >= 11 is 0. The molecule has 1 aliphatic heterocycles. The van der Waals surface area contributed by atoms with Crippen molar-refractivity contribution in [2.45, 2.75) is 13.0 Å². The van der Waals surface area contributed by atoms with Gasteiger partial charge in [0, 0.05) is 31.8 Å². The molecule has 1 heterocycles. The first-order valence-electron chi connectivity index (χ1n) is 6.91. The molecule has 5 heteroatoms. The Labute approximate surface area is 124 Å². The second kappa shape index (κ2) is 6.42. The fourth-order valence-corrected chi connectivity index (χ4v) is 2.46. The molecule has 0 spiro atoms. The maximum Gasteiger partial charge on any atom is 0.328 e. The van der Waals surface area contributed by atoms with E-state index in [9.17, 15) is 10.1 Å². The van der Waals surface area contributed by atoms with Crippen molar-refractivity contribution in [3.63, 3.8) is 0 Å². The van der Waals surface area contributed by atoms with Crippen molar-refractivity contribution in [2.75, 3.05) is 31.6 Å². The summed E-state index contributed by atoms with van der Waals surface area (Å²) in [6, 6.07) is 8.13. The van der Waals surface area contributed by atoms with Gasteiger partial charge >= 0.3 is 5.97 Å². The van der Waals surface area contributed by atoms with E-state index < -0.39 is 5.97 Å². The highest BCUT2D eigenvalue weighted by Crippen LogP contribution is 2.24. The van der Waals surface area contributed by atoms with Crippen LogP contribution in [0.25, 0.3) is 6.08 Å². The van der Waals surface area contributed by atoms with Crippen LogP contribution in [0.15, 0.2) is 24.3 Å². The highest BCUT2D eigenvalue weighted by atomic mass is 16.4. The summed E-state index contributed by atoms with van der Waals surface area (Å²) in [5, 5.41) is 18.0. The molecule has 0 aliphatic carbocycles. The molecule has 110 valence electrons. The summed E-state index contributed by atoms with van der Waals surface area (Å²) in [5.41, 5.74) is 2.23. The monoisotopic (exact) mass is 285 g/mol. The number of carboxylic acids is 1. The molecule has 1 unspecified atom stereocenters. The lowest BCUT2D eigenvalue weighted by Gasteiger charge is -2.39. The van der Waals surface area contributed by atoms with Gasteiger partial charge in [-0.1, -0.05) is 6.07 Å². The Morgan fingerprint density at radius 1 is 1.48 bits per heavy atom. The van der Waals surface area contributed by atoms with Crippen LogP contribution >= 0.6 is 0 Å². The predicted molar refractivity (Wildman–Crippen MR) is 82.1 cm³/mol. The quantitative estimate of drug-likeness (QED) is 0.858. The van der Waals surface area contributed by atoms with Gasteiger partial charge in [0.05, 0.1) is 11.3 Å². The minimum atomic E-state index is -0.995. The van der Waals surface area contributed by atoms with Crippen molar-refractivity contribution in [1.82, 2.24) is 4.90 Å². The molecule has 21 heavy (non-hydrogen) atoms. The number of benzene rings is 1. The van der Waals surface area contributed by atoms with Crippen molar-refractivity contribution in [1.29, 1.82) is 5.26 Å². The summed E-state index contributed by atoms with van der Waals surface area (Å²) < 4.78 is 0. The fourth-order valence-electron chi connectivity index (χ4n) is 2.46. The average molecular weight is 285 g/mol. The first-order valence-corrected chi connectivity index (χ1v) is 6.91. The summed E-state index contributed by atoms with van der Waals surface area (Å²) in [4.78, 5) is 15.1. The van der Waals surface area contributed by atoms with Crippen LogP contribution in [-0.4, -0.2) is 48.7 Å². The molecule has 0 amide bonds. The second-order valence-electron chi connectivity index (χ2n) is 5.34. The van der Waals surface area contributed by atoms with Crippen LogP contribution in [0.2, 0.25) is 0 Å². The Morgan fingerprint density at radius 2 is 2.24 bits per heavy atom. The number of nitriles is 1. The maximum atomic E-state index is 10.5. The molecular weight excluding hydrogens is 266 g/mol. The van der Waals surface area contributed by atoms with Crippen LogP contribution in [-0.2, 0) is 4.79 Å². The second-order valence-corrected chi connectivity index (χ2v) is 5.34. The number of carboxylic acid groups (broad SMARTS) is 1. The largest absolute Gasteiger partial charge is 0.478 e. The Bertz CT molecular complexity index is 604. The molecule has 1 atom stereocenters. The summed E-state index contributed by atoms with van der Waals surface area (Å²) in [7, 11) is 2.10. The zero-order valence-corrected chi connectivity index (χ0v) is 12.3. The van der Waals surface area contributed by atoms with Gasteiger partial charge in [0.2, 0.25) is 0 Å². The van der Waals surface area contributed by atoms with Gasteiger partial charge in [-0.25, -0.2) is 4.79 Å². The molecule has 1 aromatic rings. The molecule has 1 N–H and O–H groups in total. The van der Waals surface area contributed by atoms with Gasteiger partial charge in [0.25, 0.3) is 0 Å². The third-order valence-electron chi connectivity index (χ3n) is 3.86. The Kier molecular flexibility index (Phi) is 4.61. The van der Waals surface area contributed by atoms with E-state index in [1.54, 1.807) is 6.07 Å². The molecule has 5 nitrogen and oxygen atoms in total. The lowest BCUT2D eigenvalue weighted by Crippen LogP contribution is -2.50. The summed E-state index contributed by atoms with van der Waals surface area (Å²) in [6.45, 7) is 4.91. The standard InChI is InChI=1S/C16H19N3O2/c1-12-11-19(8-7-18(12)2)15-5-3-13(4-6-16(20)21)9-14(15)10-17/h3-6,9,12H,7-8,11H2,1-2H3,(H,20,21)/b6-4+. The fraction of sp³-hybridized carbons (Fsp3) is 0.375. The Morgan fingerprint density at radius 3 is 2.86 bits per heavy atom. The van der Waals surface area contributed by atoms with E-state index in [1.165, 1.54) is 6.08 Å². The Hall–Kier alpha value is -2.32. The van der Waals surface area contributed by atoms with Crippen LogP contribution in [0, 0.1) is 11.3 Å². The minimum Gasteiger partial charge on any atom is -0.478 e. The number of rotatable bonds is 3. The molecule has 2 rings (SSSR count). The van der Waals surface area contributed by atoms with Gasteiger partial charge in [0.1, 0.15) is 6.07 Å². The number of likely N-dealkylation sites (N-methyl/N-ethyl adjacent to an activating group) is 1. The number of carbonyl (C=O) groups is 1. The highest BCUT2D eigenvalue weighted by molar-refractivity contribution is 5.85. The van der Waals surface area contributed by atoms with Crippen LogP contribution < -0.4 is 4.90 Å². The number of hydrogen-bond donors (Lipinski definition) is 1. The van der Waals surface area contributed by atoms with Crippen LogP contribution in [0.3, 0.4) is 0 Å². The van der Waals surface area contributed by atoms with E-state index in [2.05, 4.69) is 29.8 Å². The van der Waals surface area contributed by atoms with Gasteiger partial charge in [-0.3, -0.25) is 0 Å². The zero-order chi connectivity index (χ0) is 15.4. The number of hydrogen-bond acceptors (Lipinski definition) is 4. The number of anilines is 1. The third-order valence-corrected chi connectivity index (χ3v) is 3.86. The van der Waals surface area contributed by atoms with E-state index in [0.717, 1.165) is 37.0 Å². The predicted octanol–water partition coefficient (Wildman–Crippen LogP) is 1.80. The van der Waals surface area contributed by atoms with Gasteiger partial charge in [0.15, 0.2) is 0 Å². The lowest BCUT2D eigenvalue weighted by molar-refractivity contribution is -0.131. The first kappa shape index (κ1) is 15.1. The topological polar surface area (TPSA) is 67.6 Å². The molecule has 1 fully saturated rings. The van der Waals surface area contributed by atoms with Crippen molar-refractivity contribution in [3.05, 3.63) is 35.4 Å². The molecule has 1 aliphatic rings.